The molecule has 4 nitrogen and oxygen atoms in total. The average molecular weight is 275 g/mol. The van der Waals surface area contributed by atoms with Crippen LogP contribution in [-0.2, 0) is 9.47 Å². The minimum Gasteiger partial charge on any atom is -0.491 e. The highest BCUT2D eigenvalue weighted by atomic mass is 16.6. The van der Waals surface area contributed by atoms with E-state index in [0.29, 0.717) is 18.8 Å². The Bertz CT molecular complexity index is 435. The Morgan fingerprint density at radius 1 is 1.00 bits per heavy atom. The van der Waals surface area contributed by atoms with Crippen LogP contribution in [0.2, 0.25) is 0 Å². The van der Waals surface area contributed by atoms with Gasteiger partial charge in [-0.3, -0.25) is 0 Å². The summed E-state index contributed by atoms with van der Waals surface area (Å²) in [5.74, 6) is 1.81. The molecule has 0 radical (unpaired) electrons. The van der Waals surface area contributed by atoms with Gasteiger partial charge in [-0.1, -0.05) is 0 Å². The third-order valence-corrected chi connectivity index (χ3v) is 4.04. The predicted molar refractivity (Wildman–Crippen MR) is 76.4 cm³/mol. The predicted octanol–water partition coefficient (Wildman–Crippen LogP) is 2.08. The summed E-state index contributed by atoms with van der Waals surface area (Å²) in [5.41, 5.74) is 1.28. The molecule has 2 unspecified atom stereocenters. The molecule has 1 aromatic carbocycles. The van der Waals surface area contributed by atoms with Crippen molar-refractivity contribution >= 4 is 5.69 Å². The van der Waals surface area contributed by atoms with Crippen molar-refractivity contribution in [2.75, 3.05) is 37.8 Å². The van der Waals surface area contributed by atoms with Gasteiger partial charge in [0.2, 0.25) is 0 Å². The van der Waals surface area contributed by atoms with Crippen LogP contribution in [0, 0.1) is 5.92 Å². The quantitative estimate of drug-likeness (QED) is 0.681. The van der Waals surface area contributed by atoms with Crippen LogP contribution in [0.1, 0.15) is 12.8 Å². The minimum absolute atomic E-state index is 0.313. The van der Waals surface area contributed by atoms with Crippen molar-refractivity contribution in [1.82, 2.24) is 0 Å². The molecule has 3 aliphatic rings. The summed E-state index contributed by atoms with van der Waals surface area (Å²) < 4.78 is 16.2. The first-order chi connectivity index (χ1) is 9.87. The van der Waals surface area contributed by atoms with Crippen LogP contribution in [0.5, 0.6) is 5.75 Å². The summed E-state index contributed by atoms with van der Waals surface area (Å²) in [5, 5.41) is 0. The van der Waals surface area contributed by atoms with Crippen molar-refractivity contribution in [3.05, 3.63) is 24.3 Å². The lowest BCUT2D eigenvalue weighted by atomic mass is 10.2. The number of benzene rings is 1. The Morgan fingerprint density at radius 3 is 2.30 bits per heavy atom. The molecule has 4 heteroatoms. The van der Waals surface area contributed by atoms with Crippen molar-refractivity contribution in [3.8, 4) is 5.75 Å². The Hall–Kier alpha value is -1.26. The first-order valence-corrected chi connectivity index (χ1v) is 7.58. The first kappa shape index (κ1) is 12.5. The number of rotatable bonds is 8. The Balaban J connectivity index is 1.38. The van der Waals surface area contributed by atoms with Crippen molar-refractivity contribution in [2.45, 2.75) is 25.0 Å². The molecule has 108 valence electrons. The maximum Gasteiger partial charge on any atom is 0.119 e. The van der Waals surface area contributed by atoms with Crippen LogP contribution in [0.4, 0.5) is 5.69 Å². The number of nitrogens with zero attached hydrogens (tertiary/aromatic N) is 1. The van der Waals surface area contributed by atoms with Gasteiger partial charge in [-0.05, 0) is 43.0 Å². The number of anilines is 1. The third-order valence-electron chi connectivity index (χ3n) is 4.04. The van der Waals surface area contributed by atoms with E-state index in [2.05, 4.69) is 29.2 Å². The average Bonchev–Trinajstić information content (AvgIpc) is 3.32. The molecular weight excluding hydrogens is 254 g/mol. The number of epoxide rings is 2. The van der Waals surface area contributed by atoms with Crippen molar-refractivity contribution < 1.29 is 14.2 Å². The van der Waals surface area contributed by atoms with E-state index in [1.807, 2.05) is 0 Å². The molecule has 3 fully saturated rings. The van der Waals surface area contributed by atoms with E-state index in [1.54, 1.807) is 0 Å². The van der Waals surface area contributed by atoms with Crippen molar-refractivity contribution in [2.24, 2.45) is 5.92 Å². The second-order valence-corrected chi connectivity index (χ2v) is 6.06. The van der Waals surface area contributed by atoms with Gasteiger partial charge in [0.05, 0.1) is 19.3 Å². The fourth-order valence-electron chi connectivity index (χ4n) is 2.42. The molecule has 1 saturated carbocycles. The second kappa shape index (κ2) is 5.26. The van der Waals surface area contributed by atoms with E-state index in [9.17, 15) is 0 Å². The van der Waals surface area contributed by atoms with Gasteiger partial charge in [-0.2, -0.15) is 0 Å². The summed E-state index contributed by atoms with van der Waals surface area (Å²) in [6, 6.07) is 8.44. The standard InChI is InChI=1S/C16H21NO3/c1-2-12(1)7-17(8-15-9-19-15)13-3-5-14(6-4-13)18-10-16-11-20-16/h3-6,12,15-16H,1-2,7-11H2. The van der Waals surface area contributed by atoms with Crippen LogP contribution in [0.25, 0.3) is 0 Å². The van der Waals surface area contributed by atoms with Gasteiger partial charge >= 0.3 is 0 Å². The van der Waals surface area contributed by atoms with Crippen LogP contribution < -0.4 is 9.64 Å². The fourth-order valence-corrected chi connectivity index (χ4v) is 2.42. The van der Waals surface area contributed by atoms with Crippen molar-refractivity contribution in [3.63, 3.8) is 0 Å². The summed E-state index contributed by atoms with van der Waals surface area (Å²) in [6.07, 6.45) is 3.51. The molecule has 1 aliphatic carbocycles. The zero-order valence-corrected chi connectivity index (χ0v) is 11.7. The Kier molecular flexibility index (Phi) is 3.28. The zero-order valence-electron chi connectivity index (χ0n) is 11.7. The van der Waals surface area contributed by atoms with Gasteiger partial charge < -0.3 is 19.1 Å². The van der Waals surface area contributed by atoms with Gasteiger partial charge in [0, 0.05) is 18.8 Å². The normalized spacial score (nSPS) is 27.2. The second-order valence-electron chi connectivity index (χ2n) is 6.06. The largest absolute Gasteiger partial charge is 0.491 e. The summed E-state index contributed by atoms with van der Waals surface area (Å²) >= 11 is 0. The smallest absolute Gasteiger partial charge is 0.119 e. The molecule has 2 heterocycles. The van der Waals surface area contributed by atoms with E-state index in [4.69, 9.17) is 14.2 Å². The maximum atomic E-state index is 5.68. The number of hydrogen-bond donors (Lipinski definition) is 0. The molecule has 0 N–H and O–H groups in total. The van der Waals surface area contributed by atoms with E-state index >= 15 is 0 Å². The van der Waals surface area contributed by atoms with Crippen LogP contribution >= 0.6 is 0 Å². The maximum absolute atomic E-state index is 5.68. The molecule has 4 rings (SSSR count). The highest BCUT2D eigenvalue weighted by Crippen LogP contribution is 2.32. The van der Waals surface area contributed by atoms with Crippen LogP contribution in [0.15, 0.2) is 24.3 Å². The van der Waals surface area contributed by atoms with Crippen LogP contribution in [0.3, 0.4) is 0 Å². The lowest BCUT2D eigenvalue weighted by molar-refractivity contribution is 0.263. The summed E-state index contributed by atoms with van der Waals surface area (Å²) in [4.78, 5) is 2.46. The monoisotopic (exact) mass is 275 g/mol. The zero-order chi connectivity index (χ0) is 13.4. The third kappa shape index (κ3) is 3.44. The highest BCUT2D eigenvalue weighted by Gasteiger charge is 2.30. The SMILES string of the molecule is c1cc(N(CC2CC2)CC2CO2)ccc1OCC1CO1. The first-order valence-electron chi connectivity index (χ1n) is 7.58. The molecule has 0 spiro atoms. The van der Waals surface area contributed by atoms with Gasteiger partial charge in [-0.25, -0.2) is 0 Å². The number of ether oxygens (including phenoxy) is 3. The summed E-state index contributed by atoms with van der Waals surface area (Å²) in [7, 11) is 0. The van der Waals surface area contributed by atoms with E-state index < -0.39 is 0 Å². The highest BCUT2D eigenvalue weighted by molar-refractivity contribution is 5.49. The molecule has 0 amide bonds. The molecule has 0 bridgehead atoms. The van der Waals surface area contributed by atoms with Gasteiger partial charge in [0.1, 0.15) is 18.5 Å². The molecule has 2 atom stereocenters. The van der Waals surface area contributed by atoms with Gasteiger partial charge in [0.15, 0.2) is 0 Å². The lowest BCUT2D eigenvalue weighted by Crippen LogP contribution is -2.29. The summed E-state index contributed by atoms with van der Waals surface area (Å²) in [6.45, 7) is 4.61. The van der Waals surface area contributed by atoms with Gasteiger partial charge in [0.25, 0.3) is 0 Å². The topological polar surface area (TPSA) is 37.5 Å². The molecule has 20 heavy (non-hydrogen) atoms. The Morgan fingerprint density at radius 2 is 1.70 bits per heavy atom. The van der Waals surface area contributed by atoms with E-state index in [-0.39, 0.29) is 0 Å². The molecule has 2 aliphatic heterocycles. The molecule has 0 aromatic heterocycles. The molecule has 1 aromatic rings. The van der Waals surface area contributed by atoms with Crippen molar-refractivity contribution in [1.29, 1.82) is 0 Å². The molecular formula is C16H21NO3. The van der Waals surface area contributed by atoms with E-state index in [0.717, 1.165) is 38.0 Å². The van der Waals surface area contributed by atoms with Gasteiger partial charge in [-0.15, -0.1) is 0 Å². The fraction of sp³-hybridized carbons (Fsp3) is 0.625. The molecule has 2 saturated heterocycles. The Labute approximate surface area is 119 Å². The van der Waals surface area contributed by atoms with E-state index in [1.165, 1.54) is 18.5 Å². The van der Waals surface area contributed by atoms with Crippen LogP contribution in [-0.4, -0.2) is 45.1 Å². The lowest BCUT2D eigenvalue weighted by Gasteiger charge is -2.24. The number of hydrogen-bond acceptors (Lipinski definition) is 4. The minimum atomic E-state index is 0.313.